The fraction of sp³-hybridized carbons (Fsp3) is 0. The maximum atomic E-state index is 10.9. The van der Waals surface area contributed by atoms with E-state index < -0.39 is 5.97 Å². The summed E-state index contributed by atoms with van der Waals surface area (Å²) in [5, 5.41) is 11.3. The van der Waals surface area contributed by atoms with Crippen molar-refractivity contribution in [1.29, 1.82) is 0 Å². The predicted octanol–water partition coefficient (Wildman–Crippen LogP) is 2.39. The van der Waals surface area contributed by atoms with Crippen LogP contribution in [0.3, 0.4) is 0 Å². The molecule has 0 aliphatic heterocycles. The summed E-state index contributed by atoms with van der Waals surface area (Å²) in [6.45, 7) is 0. The lowest BCUT2D eigenvalue weighted by Crippen LogP contribution is -2.01. The summed E-state index contributed by atoms with van der Waals surface area (Å²) in [6.07, 6.45) is 2.66. The molecule has 0 aromatic carbocycles. The largest absolute Gasteiger partial charge is 0.478 e. The van der Waals surface area contributed by atoms with E-state index in [2.05, 4.69) is 9.97 Å². The molecule has 6 heteroatoms. The third-order valence-electron chi connectivity index (χ3n) is 1.60. The molecular formula is C9H6N2O2S2. The number of hydrogen-bond donors (Lipinski definition) is 1. The van der Waals surface area contributed by atoms with E-state index >= 15 is 0 Å². The zero-order chi connectivity index (χ0) is 10.7. The zero-order valence-electron chi connectivity index (χ0n) is 7.45. The van der Waals surface area contributed by atoms with E-state index in [1.807, 2.05) is 17.5 Å². The Balaban J connectivity index is 2.32. The SMILES string of the molecule is O=C(O)c1cncnc1Sc1cccs1. The summed E-state index contributed by atoms with van der Waals surface area (Å²) in [5.74, 6) is -1.00. The average molecular weight is 238 g/mol. The van der Waals surface area contributed by atoms with Crippen molar-refractivity contribution in [2.45, 2.75) is 9.24 Å². The van der Waals surface area contributed by atoms with Crippen molar-refractivity contribution in [2.24, 2.45) is 0 Å². The molecule has 0 amide bonds. The molecule has 4 nitrogen and oxygen atoms in total. The van der Waals surface area contributed by atoms with Gasteiger partial charge in [-0.25, -0.2) is 14.8 Å². The van der Waals surface area contributed by atoms with Crippen LogP contribution in [0.25, 0.3) is 0 Å². The lowest BCUT2D eigenvalue weighted by atomic mass is 10.3. The van der Waals surface area contributed by atoms with E-state index in [0.717, 1.165) is 4.21 Å². The maximum Gasteiger partial charge on any atom is 0.340 e. The number of carboxylic acid groups (broad SMARTS) is 1. The van der Waals surface area contributed by atoms with Crippen molar-refractivity contribution in [2.75, 3.05) is 0 Å². The normalized spacial score (nSPS) is 10.1. The summed E-state index contributed by atoms with van der Waals surface area (Å²) in [5.41, 5.74) is 0.135. The van der Waals surface area contributed by atoms with Crippen LogP contribution in [0.5, 0.6) is 0 Å². The van der Waals surface area contributed by atoms with E-state index in [1.165, 1.54) is 24.3 Å². The minimum atomic E-state index is -1.00. The van der Waals surface area contributed by atoms with E-state index in [1.54, 1.807) is 11.3 Å². The Hall–Kier alpha value is -1.40. The molecule has 0 bridgehead atoms. The van der Waals surface area contributed by atoms with Crippen LogP contribution >= 0.6 is 23.1 Å². The van der Waals surface area contributed by atoms with Gasteiger partial charge in [-0.3, -0.25) is 0 Å². The van der Waals surface area contributed by atoms with E-state index in [4.69, 9.17) is 5.11 Å². The molecule has 0 aliphatic rings. The van der Waals surface area contributed by atoms with Gasteiger partial charge >= 0.3 is 5.97 Å². The lowest BCUT2D eigenvalue weighted by molar-refractivity contribution is 0.0691. The van der Waals surface area contributed by atoms with Crippen LogP contribution in [0.4, 0.5) is 0 Å². The van der Waals surface area contributed by atoms with Gasteiger partial charge in [0.05, 0.1) is 4.21 Å². The second-order valence-electron chi connectivity index (χ2n) is 2.58. The predicted molar refractivity (Wildman–Crippen MR) is 57.4 cm³/mol. The van der Waals surface area contributed by atoms with Crippen molar-refractivity contribution in [1.82, 2.24) is 9.97 Å². The van der Waals surface area contributed by atoms with Gasteiger partial charge in [-0.2, -0.15) is 0 Å². The first kappa shape index (κ1) is 10.1. The highest BCUT2D eigenvalue weighted by atomic mass is 32.2. The first-order chi connectivity index (χ1) is 7.27. The third-order valence-corrected chi connectivity index (χ3v) is 3.65. The van der Waals surface area contributed by atoms with Crippen molar-refractivity contribution in [3.63, 3.8) is 0 Å². The van der Waals surface area contributed by atoms with E-state index in [9.17, 15) is 4.79 Å². The highest BCUT2D eigenvalue weighted by molar-refractivity contribution is 8.01. The molecule has 0 spiro atoms. The van der Waals surface area contributed by atoms with Gasteiger partial charge in [0.2, 0.25) is 0 Å². The van der Waals surface area contributed by atoms with Crippen LogP contribution in [-0.4, -0.2) is 21.0 Å². The first-order valence-electron chi connectivity index (χ1n) is 4.02. The highest BCUT2D eigenvalue weighted by Crippen LogP contribution is 2.31. The molecule has 2 aromatic rings. The third kappa shape index (κ3) is 2.34. The Labute approximate surface area is 94.0 Å². The topological polar surface area (TPSA) is 63.1 Å². The average Bonchev–Trinajstić information content (AvgIpc) is 2.71. The van der Waals surface area contributed by atoms with Gasteiger partial charge in [0, 0.05) is 6.20 Å². The molecule has 76 valence electrons. The van der Waals surface area contributed by atoms with Crippen LogP contribution in [0.1, 0.15) is 10.4 Å². The summed E-state index contributed by atoms with van der Waals surface area (Å²) >= 11 is 2.88. The van der Waals surface area contributed by atoms with Gasteiger partial charge in [-0.1, -0.05) is 17.8 Å². The standard InChI is InChI=1S/C9H6N2O2S2/c12-9(13)6-4-10-5-11-8(6)15-7-2-1-3-14-7/h1-5H,(H,12,13). The minimum Gasteiger partial charge on any atom is -0.478 e. The van der Waals surface area contributed by atoms with Crippen molar-refractivity contribution < 1.29 is 9.90 Å². The van der Waals surface area contributed by atoms with Crippen LogP contribution in [-0.2, 0) is 0 Å². The number of carboxylic acids is 1. The van der Waals surface area contributed by atoms with Gasteiger partial charge in [0.25, 0.3) is 0 Å². The Bertz CT molecular complexity index is 471. The van der Waals surface area contributed by atoms with Gasteiger partial charge in [-0.05, 0) is 11.4 Å². The van der Waals surface area contributed by atoms with Crippen molar-refractivity contribution in [3.05, 3.63) is 35.6 Å². The van der Waals surface area contributed by atoms with Crippen LogP contribution < -0.4 is 0 Å². The fourth-order valence-corrected chi connectivity index (χ4v) is 2.69. The molecule has 2 rings (SSSR count). The molecule has 0 saturated carbocycles. The highest BCUT2D eigenvalue weighted by Gasteiger charge is 2.12. The molecular weight excluding hydrogens is 232 g/mol. The molecule has 0 aliphatic carbocycles. The molecule has 0 atom stereocenters. The monoisotopic (exact) mass is 238 g/mol. The summed E-state index contributed by atoms with van der Waals surface area (Å²) in [6, 6.07) is 3.83. The molecule has 0 saturated heterocycles. The van der Waals surface area contributed by atoms with Crippen LogP contribution in [0.2, 0.25) is 0 Å². The molecule has 0 radical (unpaired) electrons. The number of rotatable bonds is 3. The smallest absolute Gasteiger partial charge is 0.340 e. The summed E-state index contributed by atoms with van der Waals surface area (Å²) in [4.78, 5) is 18.5. The summed E-state index contributed by atoms with van der Waals surface area (Å²) < 4.78 is 1.01. The van der Waals surface area contributed by atoms with E-state index in [-0.39, 0.29) is 5.56 Å². The second-order valence-corrected chi connectivity index (χ2v) is 4.82. The molecule has 0 unspecified atom stereocenters. The molecule has 15 heavy (non-hydrogen) atoms. The Morgan fingerprint density at radius 2 is 2.40 bits per heavy atom. The quantitative estimate of drug-likeness (QED) is 0.832. The van der Waals surface area contributed by atoms with Gasteiger partial charge < -0.3 is 5.11 Å². The van der Waals surface area contributed by atoms with Gasteiger partial charge in [-0.15, -0.1) is 11.3 Å². The molecule has 2 aromatic heterocycles. The van der Waals surface area contributed by atoms with Crippen molar-refractivity contribution >= 4 is 29.1 Å². The Morgan fingerprint density at radius 3 is 3.07 bits per heavy atom. The molecule has 1 N–H and O–H groups in total. The van der Waals surface area contributed by atoms with Crippen LogP contribution in [0, 0.1) is 0 Å². The van der Waals surface area contributed by atoms with E-state index in [0.29, 0.717) is 5.03 Å². The number of aromatic nitrogens is 2. The summed E-state index contributed by atoms with van der Waals surface area (Å²) in [7, 11) is 0. The number of carbonyl (C=O) groups is 1. The van der Waals surface area contributed by atoms with Crippen LogP contribution in [0.15, 0.2) is 39.3 Å². The number of hydrogen-bond acceptors (Lipinski definition) is 5. The molecule has 0 fully saturated rings. The number of nitrogens with zero attached hydrogens (tertiary/aromatic N) is 2. The Morgan fingerprint density at radius 1 is 1.53 bits per heavy atom. The zero-order valence-corrected chi connectivity index (χ0v) is 9.09. The molecule has 2 heterocycles. The first-order valence-corrected chi connectivity index (χ1v) is 5.71. The second kappa shape index (κ2) is 4.41. The lowest BCUT2D eigenvalue weighted by Gasteiger charge is -2.00. The number of aromatic carboxylic acids is 1. The Kier molecular flexibility index (Phi) is 2.98. The van der Waals surface area contributed by atoms with Crippen molar-refractivity contribution in [3.8, 4) is 0 Å². The minimum absolute atomic E-state index is 0.135. The number of thiophene rings is 1. The van der Waals surface area contributed by atoms with Gasteiger partial charge in [0.15, 0.2) is 0 Å². The van der Waals surface area contributed by atoms with Gasteiger partial charge in [0.1, 0.15) is 16.9 Å². The maximum absolute atomic E-state index is 10.9. The fourth-order valence-electron chi connectivity index (χ4n) is 0.963.